The first-order valence-electron chi connectivity index (χ1n) is 13.2. The van der Waals surface area contributed by atoms with Crippen LogP contribution < -0.4 is 5.01 Å². The van der Waals surface area contributed by atoms with E-state index in [0.29, 0.717) is 22.6 Å². The van der Waals surface area contributed by atoms with Crippen molar-refractivity contribution in [2.75, 3.05) is 37.7 Å². The molecule has 2 heterocycles. The van der Waals surface area contributed by atoms with Crippen LogP contribution in [0, 0.1) is 21.4 Å². The number of nitro groups is 1. The zero-order valence-electron chi connectivity index (χ0n) is 21.2. The Morgan fingerprint density at radius 3 is 2.34 bits per heavy atom. The number of piperazine rings is 1. The van der Waals surface area contributed by atoms with Gasteiger partial charge >= 0.3 is 0 Å². The second-order valence-electron chi connectivity index (χ2n) is 10.0. The van der Waals surface area contributed by atoms with Crippen LogP contribution in [-0.2, 0) is 19.3 Å². The lowest BCUT2D eigenvalue weighted by atomic mass is 9.94. The fraction of sp³-hybridized carbons (Fsp3) is 0.345. The molecule has 0 radical (unpaired) electrons. The smallest absolute Gasteiger partial charge is 0.269 e. The van der Waals surface area contributed by atoms with Gasteiger partial charge in [-0.25, -0.2) is 4.98 Å². The van der Waals surface area contributed by atoms with Gasteiger partial charge < -0.3 is 0 Å². The molecule has 0 saturated carbocycles. The first-order valence-corrected chi connectivity index (χ1v) is 13.2. The molecule has 0 aromatic heterocycles. The molecule has 2 aliphatic carbocycles. The summed E-state index contributed by atoms with van der Waals surface area (Å²) in [7, 11) is 0. The summed E-state index contributed by atoms with van der Waals surface area (Å²) in [5, 5.41) is 28.5. The lowest BCUT2D eigenvalue weighted by Gasteiger charge is -2.37. The molecule has 192 valence electrons. The van der Waals surface area contributed by atoms with Crippen LogP contribution in [0.5, 0.6) is 0 Å². The second kappa shape index (κ2) is 10.2. The zero-order chi connectivity index (χ0) is 26.1. The topological polar surface area (TPSA) is 104 Å². The summed E-state index contributed by atoms with van der Waals surface area (Å²) in [4.78, 5) is 20.1. The van der Waals surface area contributed by atoms with Crippen molar-refractivity contribution in [2.45, 2.75) is 32.1 Å². The maximum atomic E-state index is 11.2. The standard InChI is InChI=1S/C29H29N7O2/c30-20-26-24-8-4-5-9-25(24)28-27(26)31-29(22-10-12-23(13-11-22)36(37)38)32-35(28)34-18-16-33(17-19-34)15-14-21-6-2-1-3-7-21/h1-3,6-7,10-13H,4-5,8-9,14-19H2. The van der Waals surface area contributed by atoms with Crippen molar-refractivity contribution in [2.24, 2.45) is 0 Å². The predicted octanol–water partition coefficient (Wildman–Crippen LogP) is 4.20. The van der Waals surface area contributed by atoms with Gasteiger partial charge in [-0.15, -0.1) is 5.10 Å². The Labute approximate surface area is 221 Å². The van der Waals surface area contributed by atoms with E-state index in [1.807, 2.05) is 10.9 Å². The Morgan fingerprint density at radius 2 is 1.66 bits per heavy atom. The minimum absolute atomic E-state index is 0.0239. The number of hydrogen-bond acceptors (Lipinski definition) is 7. The van der Waals surface area contributed by atoms with Crippen molar-refractivity contribution >= 4 is 5.69 Å². The number of nitro benzene ring substituents is 1. The number of benzene rings is 2. The van der Waals surface area contributed by atoms with Gasteiger partial charge in [0.1, 0.15) is 17.5 Å². The van der Waals surface area contributed by atoms with Crippen molar-refractivity contribution in [3.8, 4) is 28.8 Å². The van der Waals surface area contributed by atoms with Crippen LogP contribution in [0.2, 0.25) is 0 Å². The van der Waals surface area contributed by atoms with Gasteiger partial charge in [-0.3, -0.25) is 20.0 Å². The van der Waals surface area contributed by atoms with Crippen LogP contribution in [0.25, 0.3) is 22.8 Å². The average Bonchev–Trinajstić information content (AvgIpc) is 3.30. The van der Waals surface area contributed by atoms with E-state index in [1.165, 1.54) is 23.3 Å². The van der Waals surface area contributed by atoms with Crippen LogP contribution in [0.3, 0.4) is 0 Å². The number of non-ortho nitro benzene ring substituents is 1. The molecule has 38 heavy (non-hydrogen) atoms. The third-order valence-electron chi connectivity index (χ3n) is 7.75. The van der Waals surface area contributed by atoms with E-state index in [9.17, 15) is 15.4 Å². The molecular weight excluding hydrogens is 478 g/mol. The Kier molecular flexibility index (Phi) is 6.48. The van der Waals surface area contributed by atoms with Gasteiger partial charge in [-0.05, 0) is 60.9 Å². The molecule has 4 aliphatic rings. The minimum Gasteiger partial charge on any atom is -0.299 e. The molecule has 2 aliphatic heterocycles. The van der Waals surface area contributed by atoms with E-state index in [2.05, 4.69) is 40.2 Å². The summed E-state index contributed by atoms with van der Waals surface area (Å²) < 4.78 is 0. The highest BCUT2D eigenvalue weighted by molar-refractivity contribution is 5.78. The third-order valence-corrected chi connectivity index (χ3v) is 7.75. The Morgan fingerprint density at radius 1 is 0.947 bits per heavy atom. The summed E-state index contributed by atoms with van der Waals surface area (Å²) in [6.45, 7) is 4.48. The predicted molar refractivity (Wildman–Crippen MR) is 145 cm³/mol. The molecule has 0 atom stereocenters. The monoisotopic (exact) mass is 507 g/mol. The van der Waals surface area contributed by atoms with Crippen molar-refractivity contribution < 1.29 is 4.92 Å². The van der Waals surface area contributed by atoms with Gasteiger partial charge in [0, 0.05) is 50.4 Å². The maximum Gasteiger partial charge on any atom is 0.269 e. The van der Waals surface area contributed by atoms with Crippen LogP contribution in [-0.4, -0.2) is 57.4 Å². The summed E-state index contributed by atoms with van der Waals surface area (Å²) in [6, 6.07) is 19.3. The van der Waals surface area contributed by atoms with Crippen LogP contribution in [0.1, 0.15) is 35.1 Å². The number of fused-ring (bicyclic) bond motifs is 3. The number of aromatic nitrogens is 3. The highest BCUT2D eigenvalue weighted by Gasteiger charge is 2.32. The van der Waals surface area contributed by atoms with Gasteiger partial charge in [0.2, 0.25) is 0 Å². The normalized spacial score (nSPS) is 15.8. The van der Waals surface area contributed by atoms with Crippen LogP contribution in [0.15, 0.2) is 54.6 Å². The quantitative estimate of drug-likeness (QED) is 0.284. The van der Waals surface area contributed by atoms with Gasteiger partial charge in [-0.2, -0.15) is 10.1 Å². The molecule has 0 bridgehead atoms. The van der Waals surface area contributed by atoms with Gasteiger partial charge in [0.25, 0.3) is 5.69 Å². The molecule has 0 N–H and O–H groups in total. The van der Waals surface area contributed by atoms with E-state index in [4.69, 9.17) is 10.1 Å². The second-order valence-corrected chi connectivity index (χ2v) is 10.0. The van der Waals surface area contributed by atoms with Crippen LogP contribution >= 0.6 is 0 Å². The maximum absolute atomic E-state index is 11.2. The van der Waals surface area contributed by atoms with Crippen molar-refractivity contribution in [3.63, 3.8) is 0 Å². The minimum atomic E-state index is -0.412. The van der Waals surface area contributed by atoms with E-state index in [0.717, 1.165) is 76.1 Å². The molecule has 9 nitrogen and oxygen atoms in total. The largest absolute Gasteiger partial charge is 0.299 e. The van der Waals surface area contributed by atoms with Crippen molar-refractivity contribution in [1.29, 1.82) is 5.26 Å². The number of rotatable bonds is 6. The van der Waals surface area contributed by atoms with E-state index in [1.54, 1.807) is 12.1 Å². The highest BCUT2D eigenvalue weighted by atomic mass is 16.6. The molecule has 1 fully saturated rings. The molecule has 2 aromatic carbocycles. The van der Waals surface area contributed by atoms with Crippen LogP contribution in [0.4, 0.5) is 5.69 Å². The fourth-order valence-electron chi connectivity index (χ4n) is 5.70. The molecule has 9 heteroatoms. The molecule has 0 amide bonds. The summed E-state index contributed by atoms with van der Waals surface area (Å²) in [6.07, 6.45) is 4.99. The Balaban J connectivity index is 1.34. The molecular formula is C29H29N7O2. The Bertz CT molecular complexity index is 1470. The molecule has 6 rings (SSSR count). The SMILES string of the molecule is N#Cc1c2nc(-c3ccc([N+](=O)[O-])cc3)nn(N3CCN(CCc4ccccc4)CC3)c-2c2c1CCCC2. The first kappa shape index (κ1) is 24.1. The van der Waals surface area contributed by atoms with Gasteiger partial charge in [0.05, 0.1) is 10.5 Å². The van der Waals surface area contributed by atoms with Gasteiger partial charge in [0.15, 0.2) is 5.82 Å². The summed E-state index contributed by atoms with van der Waals surface area (Å²) in [5.41, 5.74) is 6.65. The first-order chi connectivity index (χ1) is 18.6. The van der Waals surface area contributed by atoms with Gasteiger partial charge in [-0.1, -0.05) is 30.3 Å². The lowest BCUT2D eigenvalue weighted by Crippen LogP contribution is -2.52. The van der Waals surface area contributed by atoms with E-state index >= 15 is 0 Å². The van der Waals surface area contributed by atoms with Crippen molar-refractivity contribution in [1.82, 2.24) is 19.8 Å². The van der Waals surface area contributed by atoms with E-state index in [-0.39, 0.29) is 5.69 Å². The summed E-state index contributed by atoms with van der Waals surface area (Å²) >= 11 is 0. The Hall–Kier alpha value is -4.29. The van der Waals surface area contributed by atoms with E-state index < -0.39 is 4.92 Å². The molecule has 0 spiro atoms. The lowest BCUT2D eigenvalue weighted by molar-refractivity contribution is -0.384. The fourth-order valence-corrected chi connectivity index (χ4v) is 5.70. The summed E-state index contributed by atoms with van der Waals surface area (Å²) in [5.74, 6) is 0.470. The molecule has 0 unspecified atom stereocenters. The van der Waals surface area contributed by atoms with Crippen molar-refractivity contribution in [3.05, 3.63) is 87.0 Å². The highest BCUT2D eigenvalue weighted by Crippen LogP contribution is 2.40. The average molecular weight is 508 g/mol. The number of nitriles is 1. The zero-order valence-corrected chi connectivity index (χ0v) is 21.2. The molecule has 2 aromatic rings. The number of nitrogens with zero attached hydrogens (tertiary/aromatic N) is 7. The number of hydrogen-bond donors (Lipinski definition) is 0. The molecule has 1 saturated heterocycles. The third kappa shape index (κ3) is 4.48.